The first-order valence-corrected chi connectivity index (χ1v) is 10.4. The van der Waals surface area contributed by atoms with Gasteiger partial charge in [0, 0.05) is 16.2 Å². The van der Waals surface area contributed by atoms with Gasteiger partial charge in [0.15, 0.2) is 0 Å². The number of allylic oxidation sites excluding steroid dienone is 1. The van der Waals surface area contributed by atoms with Crippen LogP contribution in [0, 0.1) is 6.92 Å². The van der Waals surface area contributed by atoms with E-state index in [1.807, 2.05) is 31.2 Å². The molecule has 29 heavy (non-hydrogen) atoms. The molecule has 2 aromatic carbocycles. The van der Waals surface area contributed by atoms with E-state index in [2.05, 4.69) is 15.9 Å². The van der Waals surface area contributed by atoms with Gasteiger partial charge < -0.3 is 15.2 Å². The van der Waals surface area contributed by atoms with E-state index in [9.17, 15) is 4.79 Å². The Bertz CT molecular complexity index is 1010. The number of hydrogen-bond acceptors (Lipinski definition) is 5. The Kier molecular flexibility index (Phi) is 6.65. The fraction of sp³-hybridized carbons (Fsp3) is 0.273. The molecular formula is C22H22BrClN2O3. The van der Waals surface area contributed by atoms with E-state index < -0.39 is 5.97 Å². The molecule has 2 aromatic rings. The number of halogens is 2. The second kappa shape index (κ2) is 9.01. The molecule has 0 aromatic heterocycles. The number of ether oxygens (including phenoxy) is 2. The average Bonchev–Trinajstić information content (AvgIpc) is 2.67. The molecule has 0 heterocycles. The molecule has 7 heteroatoms. The third kappa shape index (κ3) is 4.65. The van der Waals surface area contributed by atoms with Crippen LogP contribution in [0.25, 0.3) is 0 Å². The van der Waals surface area contributed by atoms with Crippen LogP contribution in [0.4, 0.5) is 5.69 Å². The van der Waals surface area contributed by atoms with Crippen molar-refractivity contribution in [2.45, 2.75) is 26.7 Å². The highest BCUT2D eigenvalue weighted by Gasteiger charge is 2.27. The molecule has 152 valence electrons. The second-order valence-corrected chi connectivity index (χ2v) is 7.99. The number of esters is 1. The number of methoxy groups -OCH3 is 1. The quantitative estimate of drug-likeness (QED) is 0.481. The van der Waals surface area contributed by atoms with Crippen molar-refractivity contribution >= 4 is 44.9 Å². The van der Waals surface area contributed by atoms with E-state index in [-0.39, 0.29) is 12.3 Å². The second-order valence-electron chi connectivity index (χ2n) is 6.70. The first-order valence-electron chi connectivity index (χ1n) is 9.22. The van der Waals surface area contributed by atoms with Gasteiger partial charge in [0.1, 0.15) is 11.4 Å². The summed E-state index contributed by atoms with van der Waals surface area (Å²) in [5, 5.41) is 0.597. The van der Waals surface area contributed by atoms with Crippen LogP contribution < -0.4 is 10.5 Å². The number of fused-ring (bicyclic) bond motifs is 1. The minimum absolute atomic E-state index is 0.0851. The standard InChI is InChI=1S/C22H22BrClN2O3/c1-4-29-22(27)20(25)16-6-5-13-9-19(28-3)18(23)11-17(13)21(16)26-15-8-12(2)7-14(24)10-15/h7-11H,4-6,25H2,1-3H3/b20-16-,26-21?. The molecule has 0 spiro atoms. The third-order valence-corrected chi connectivity index (χ3v) is 5.49. The highest BCUT2D eigenvalue weighted by atomic mass is 79.9. The van der Waals surface area contributed by atoms with E-state index >= 15 is 0 Å². The van der Waals surface area contributed by atoms with Crippen LogP contribution in [0.2, 0.25) is 5.02 Å². The molecule has 3 rings (SSSR count). The number of hydrogen-bond donors (Lipinski definition) is 1. The number of benzene rings is 2. The van der Waals surface area contributed by atoms with Crippen LogP contribution in [-0.2, 0) is 16.0 Å². The van der Waals surface area contributed by atoms with Gasteiger partial charge in [-0.1, -0.05) is 11.6 Å². The summed E-state index contributed by atoms with van der Waals surface area (Å²) in [6.07, 6.45) is 1.28. The molecule has 5 nitrogen and oxygen atoms in total. The number of nitrogens with two attached hydrogens (primary N) is 1. The van der Waals surface area contributed by atoms with Crippen molar-refractivity contribution in [2.24, 2.45) is 10.7 Å². The first-order chi connectivity index (χ1) is 13.8. The zero-order valence-electron chi connectivity index (χ0n) is 16.5. The van der Waals surface area contributed by atoms with Crippen LogP contribution in [0.1, 0.15) is 30.0 Å². The number of aryl methyl sites for hydroxylation is 2. The van der Waals surface area contributed by atoms with Gasteiger partial charge in [-0.15, -0.1) is 0 Å². The molecule has 2 N–H and O–H groups in total. The lowest BCUT2D eigenvalue weighted by Gasteiger charge is -2.24. The van der Waals surface area contributed by atoms with Crippen molar-refractivity contribution in [2.75, 3.05) is 13.7 Å². The van der Waals surface area contributed by atoms with Crippen molar-refractivity contribution in [1.82, 2.24) is 0 Å². The Balaban J connectivity index is 2.24. The SMILES string of the molecule is CCOC(=O)/C(N)=C1\CCc2cc(OC)c(Br)cc2C1=Nc1cc(C)cc(Cl)c1. The summed E-state index contributed by atoms with van der Waals surface area (Å²) in [6.45, 7) is 3.96. The fourth-order valence-electron chi connectivity index (χ4n) is 3.35. The maximum absolute atomic E-state index is 12.3. The molecule has 0 bridgehead atoms. The van der Waals surface area contributed by atoms with Crippen LogP contribution in [0.5, 0.6) is 5.75 Å². The highest BCUT2D eigenvalue weighted by molar-refractivity contribution is 9.10. The third-order valence-electron chi connectivity index (χ3n) is 4.65. The number of rotatable bonds is 4. The molecule has 0 atom stereocenters. The van der Waals surface area contributed by atoms with Gasteiger partial charge in [0.25, 0.3) is 0 Å². The molecule has 0 amide bonds. The van der Waals surface area contributed by atoms with Crippen molar-refractivity contribution in [3.05, 3.63) is 67.8 Å². The van der Waals surface area contributed by atoms with Gasteiger partial charge >= 0.3 is 5.97 Å². The predicted molar refractivity (Wildman–Crippen MR) is 119 cm³/mol. The molecule has 0 unspecified atom stereocenters. The van der Waals surface area contributed by atoms with Crippen molar-refractivity contribution in [3.8, 4) is 5.75 Å². The molecule has 0 saturated heterocycles. The minimum atomic E-state index is -0.534. The summed E-state index contributed by atoms with van der Waals surface area (Å²) in [5.74, 6) is 0.209. The largest absolute Gasteiger partial charge is 0.496 e. The van der Waals surface area contributed by atoms with Gasteiger partial charge in [0.2, 0.25) is 0 Å². The lowest BCUT2D eigenvalue weighted by Crippen LogP contribution is -2.25. The minimum Gasteiger partial charge on any atom is -0.496 e. The van der Waals surface area contributed by atoms with E-state index in [0.717, 1.165) is 26.9 Å². The molecule has 0 radical (unpaired) electrons. The summed E-state index contributed by atoms with van der Waals surface area (Å²) in [6, 6.07) is 9.51. The van der Waals surface area contributed by atoms with Crippen LogP contribution in [0.3, 0.4) is 0 Å². The zero-order valence-corrected chi connectivity index (χ0v) is 18.9. The fourth-order valence-corrected chi connectivity index (χ4v) is 4.14. The Morgan fingerprint density at radius 2 is 2.00 bits per heavy atom. The van der Waals surface area contributed by atoms with Gasteiger partial charge in [-0.05, 0) is 84.1 Å². The predicted octanol–water partition coefficient (Wildman–Crippen LogP) is 5.26. The van der Waals surface area contributed by atoms with E-state index in [1.54, 1.807) is 20.1 Å². The van der Waals surface area contributed by atoms with Gasteiger partial charge in [0.05, 0.1) is 29.6 Å². The number of carbonyl (C=O) groups excluding carboxylic acids is 1. The zero-order chi connectivity index (χ0) is 21.1. The Hall–Kier alpha value is -2.31. The molecular weight excluding hydrogens is 456 g/mol. The lowest BCUT2D eigenvalue weighted by molar-refractivity contribution is -0.138. The van der Waals surface area contributed by atoms with E-state index in [1.165, 1.54) is 0 Å². The molecule has 1 aliphatic carbocycles. The summed E-state index contributed by atoms with van der Waals surface area (Å²) < 4.78 is 11.3. The summed E-state index contributed by atoms with van der Waals surface area (Å²) in [5.41, 5.74) is 11.2. The smallest absolute Gasteiger partial charge is 0.354 e. The maximum Gasteiger partial charge on any atom is 0.354 e. The lowest BCUT2D eigenvalue weighted by atomic mass is 9.84. The topological polar surface area (TPSA) is 73.9 Å². The summed E-state index contributed by atoms with van der Waals surface area (Å²) in [7, 11) is 1.63. The molecule has 0 saturated carbocycles. The normalized spacial score (nSPS) is 16.4. The average molecular weight is 478 g/mol. The Morgan fingerprint density at radius 1 is 1.24 bits per heavy atom. The number of aliphatic imine (C=N–C) groups is 1. The molecule has 0 aliphatic heterocycles. The van der Waals surface area contributed by atoms with Crippen molar-refractivity contribution in [1.29, 1.82) is 0 Å². The van der Waals surface area contributed by atoms with E-state index in [0.29, 0.717) is 34.8 Å². The van der Waals surface area contributed by atoms with Crippen molar-refractivity contribution in [3.63, 3.8) is 0 Å². The van der Waals surface area contributed by atoms with E-state index in [4.69, 9.17) is 31.8 Å². The van der Waals surface area contributed by atoms with Crippen LogP contribution >= 0.6 is 27.5 Å². The van der Waals surface area contributed by atoms with Crippen molar-refractivity contribution < 1.29 is 14.3 Å². The summed E-state index contributed by atoms with van der Waals surface area (Å²) >= 11 is 9.76. The number of carbonyl (C=O) groups is 1. The van der Waals surface area contributed by atoms with Gasteiger partial charge in [-0.25, -0.2) is 9.79 Å². The van der Waals surface area contributed by atoms with Gasteiger partial charge in [-0.3, -0.25) is 0 Å². The maximum atomic E-state index is 12.3. The monoisotopic (exact) mass is 476 g/mol. The van der Waals surface area contributed by atoms with Crippen LogP contribution in [0.15, 0.2) is 51.1 Å². The molecule has 1 aliphatic rings. The van der Waals surface area contributed by atoms with Crippen LogP contribution in [-0.4, -0.2) is 25.4 Å². The van der Waals surface area contributed by atoms with Gasteiger partial charge in [-0.2, -0.15) is 0 Å². The number of nitrogens with zero attached hydrogens (tertiary/aromatic N) is 1. The Morgan fingerprint density at radius 3 is 2.66 bits per heavy atom. The first kappa shape index (κ1) is 21.4. The summed E-state index contributed by atoms with van der Waals surface area (Å²) in [4.78, 5) is 17.2. The highest BCUT2D eigenvalue weighted by Crippen LogP contribution is 2.36. The molecule has 0 fully saturated rings. The Labute approximate surface area is 183 Å².